The van der Waals surface area contributed by atoms with Gasteiger partial charge < -0.3 is 9.30 Å². The Balaban J connectivity index is 1.53. The molecule has 0 spiro atoms. The molecule has 1 atom stereocenters. The van der Waals surface area contributed by atoms with Gasteiger partial charge in [-0.1, -0.05) is 12.1 Å². The van der Waals surface area contributed by atoms with Crippen LogP contribution in [0, 0.1) is 0 Å². The van der Waals surface area contributed by atoms with Crippen LogP contribution in [-0.4, -0.2) is 37.5 Å². The number of benzene rings is 1. The molecule has 112 valence electrons. The summed E-state index contributed by atoms with van der Waals surface area (Å²) in [6.07, 6.45) is 8.21. The van der Waals surface area contributed by atoms with Crippen molar-refractivity contribution in [1.29, 1.82) is 0 Å². The molecule has 0 amide bonds. The molecule has 3 heterocycles. The summed E-state index contributed by atoms with van der Waals surface area (Å²) >= 11 is 0. The van der Waals surface area contributed by atoms with E-state index in [4.69, 9.17) is 4.74 Å². The minimum Gasteiger partial charge on any atom is -0.381 e. The van der Waals surface area contributed by atoms with Crippen LogP contribution in [0.5, 0.6) is 0 Å². The number of ether oxygens (including phenoxy) is 1. The molecule has 1 aliphatic heterocycles. The van der Waals surface area contributed by atoms with Crippen LogP contribution in [0.2, 0.25) is 0 Å². The van der Waals surface area contributed by atoms with Crippen LogP contribution in [-0.2, 0) is 11.3 Å². The minimum atomic E-state index is 0.421. The number of aromatic nitrogens is 5. The maximum Gasteiger partial charge on any atom is 0.138 e. The maximum atomic E-state index is 5.47. The normalized spacial score (nSPS) is 17.9. The van der Waals surface area contributed by atoms with Crippen molar-refractivity contribution in [3.63, 3.8) is 0 Å². The van der Waals surface area contributed by atoms with Crippen molar-refractivity contribution in [3.8, 4) is 5.69 Å². The van der Waals surface area contributed by atoms with Gasteiger partial charge in [0.1, 0.15) is 18.5 Å². The molecular weight excluding hydrogens is 278 g/mol. The van der Waals surface area contributed by atoms with E-state index in [0.29, 0.717) is 5.92 Å². The molecule has 6 heteroatoms. The van der Waals surface area contributed by atoms with E-state index in [-0.39, 0.29) is 0 Å². The van der Waals surface area contributed by atoms with Gasteiger partial charge in [0.15, 0.2) is 0 Å². The highest BCUT2D eigenvalue weighted by molar-refractivity contribution is 5.33. The maximum absolute atomic E-state index is 5.47. The van der Waals surface area contributed by atoms with E-state index in [9.17, 15) is 0 Å². The summed E-state index contributed by atoms with van der Waals surface area (Å²) in [5.74, 6) is 1.54. The molecule has 0 unspecified atom stereocenters. The number of imidazole rings is 1. The Morgan fingerprint density at radius 2 is 2.14 bits per heavy atom. The van der Waals surface area contributed by atoms with Gasteiger partial charge in [-0.15, -0.1) is 0 Å². The molecule has 1 aromatic carbocycles. The van der Waals surface area contributed by atoms with Gasteiger partial charge in [-0.25, -0.2) is 14.6 Å². The third-order valence-electron chi connectivity index (χ3n) is 4.02. The van der Waals surface area contributed by atoms with Crippen LogP contribution in [0.15, 0.2) is 49.3 Å². The summed E-state index contributed by atoms with van der Waals surface area (Å²) in [5.41, 5.74) is 2.25. The first-order chi connectivity index (χ1) is 10.9. The van der Waals surface area contributed by atoms with Crippen LogP contribution in [0.1, 0.15) is 23.7 Å². The third kappa shape index (κ3) is 2.53. The minimum absolute atomic E-state index is 0.421. The van der Waals surface area contributed by atoms with E-state index >= 15 is 0 Å². The van der Waals surface area contributed by atoms with E-state index in [0.717, 1.165) is 37.7 Å². The molecular formula is C16H17N5O. The number of nitrogens with zero attached hydrogens (tertiary/aromatic N) is 5. The molecule has 2 aromatic heterocycles. The van der Waals surface area contributed by atoms with Crippen molar-refractivity contribution in [2.75, 3.05) is 13.2 Å². The lowest BCUT2D eigenvalue weighted by Crippen LogP contribution is -2.10. The van der Waals surface area contributed by atoms with Gasteiger partial charge in [-0.3, -0.25) is 0 Å². The molecule has 0 saturated carbocycles. The van der Waals surface area contributed by atoms with Gasteiger partial charge >= 0.3 is 0 Å². The summed E-state index contributed by atoms with van der Waals surface area (Å²) in [6, 6.07) is 8.34. The second-order valence-electron chi connectivity index (χ2n) is 5.48. The lowest BCUT2D eigenvalue weighted by Gasteiger charge is -2.12. The largest absolute Gasteiger partial charge is 0.381 e. The van der Waals surface area contributed by atoms with E-state index in [1.165, 1.54) is 11.9 Å². The van der Waals surface area contributed by atoms with Gasteiger partial charge in [-0.2, -0.15) is 5.10 Å². The molecule has 1 fully saturated rings. The lowest BCUT2D eigenvalue weighted by atomic mass is 10.1. The summed E-state index contributed by atoms with van der Waals surface area (Å²) < 4.78 is 9.44. The van der Waals surface area contributed by atoms with Gasteiger partial charge in [0.05, 0.1) is 12.3 Å². The highest BCUT2D eigenvalue weighted by Crippen LogP contribution is 2.24. The van der Waals surface area contributed by atoms with Gasteiger partial charge in [-0.05, 0) is 24.1 Å². The Morgan fingerprint density at radius 1 is 1.23 bits per heavy atom. The quantitative estimate of drug-likeness (QED) is 0.739. The number of hydrogen-bond acceptors (Lipinski definition) is 4. The predicted molar refractivity (Wildman–Crippen MR) is 80.9 cm³/mol. The fourth-order valence-corrected chi connectivity index (χ4v) is 2.84. The zero-order chi connectivity index (χ0) is 14.8. The summed E-state index contributed by atoms with van der Waals surface area (Å²) in [4.78, 5) is 8.48. The second kappa shape index (κ2) is 5.73. The fourth-order valence-electron chi connectivity index (χ4n) is 2.84. The smallest absolute Gasteiger partial charge is 0.138 e. The van der Waals surface area contributed by atoms with Crippen LogP contribution in [0.4, 0.5) is 0 Å². The highest BCUT2D eigenvalue weighted by atomic mass is 16.5. The molecule has 1 aliphatic rings. The standard InChI is InChI=1S/C16H17N5O/c1-3-15(21-12-17-11-19-21)4-2-13(1)9-20-7-6-18-16(20)14-5-8-22-10-14/h1-4,6-7,11-12,14H,5,8-10H2/t14-/m0/s1. The van der Waals surface area contributed by atoms with Crippen molar-refractivity contribution in [2.45, 2.75) is 18.9 Å². The van der Waals surface area contributed by atoms with E-state index < -0.39 is 0 Å². The Morgan fingerprint density at radius 3 is 2.86 bits per heavy atom. The van der Waals surface area contributed by atoms with Gasteiger partial charge in [0.25, 0.3) is 0 Å². The average molecular weight is 295 g/mol. The summed E-state index contributed by atoms with van der Waals surface area (Å²) in [7, 11) is 0. The first-order valence-corrected chi connectivity index (χ1v) is 7.43. The summed E-state index contributed by atoms with van der Waals surface area (Å²) in [5, 5.41) is 4.13. The molecule has 22 heavy (non-hydrogen) atoms. The first kappa shape index (κ1) is 13.2. The fraction of sp³-hybridized carbons (Fsp3) is 0.312. The SMILES string of the molecule is c1cn(Cc2ccc(-n3cncn3)cc2)c([C@H]2CCOC2)n1. The molecule has 0 N–H and O–H groups in total. The Bertz CT molecular complexity index is 726. The van der Waals surface area contributed by atoms with E-state index in [1.807, 2.05) is 12.4 Å². The number of hydrogen-bond donors (Lipinski definition) is 0. The Hall–Kier alpha value is -2.47. The summed E-state index contributed by atoms with van der Waals surface area (Å²) in [6.45, 7) is 2.44. The monoisotopic (exact) mass is 295 g/mol. The zero-order valence-electron chi connectivity index (χ0n) is 12.2. The van der Waals surface area contributed by atoms with Gasteiger partial charge in [0, 0.05) is 31.5 Å². The first-order valence-electron chi connectivity index (χ1n) is 7.43. The Kier molecular flexibility index (Phi) is 3.44. The molecule has 0 bridgehead atoms. The predicted octanol–water partition coefficient (Wildman–Crippen LogP) is 2.02. The van der Waals surface area contributed by atoms with Crippen molar-refractivity contribution in [2.24, 2.45) is 0 Å². The van der Waals surface area contributed by atoms with Crippen LogP contribution >= 0.6 is 0 Å². The van der Waals surface area contributed by atoms with Crippen molar-refractivity contribution in [1.82, 2.24) is 24.3 Å². The van der Waals surface area contributed by atoms with E-state index in [1.54, 1.807) is 11.0 Å². The molecule has 4 rings (SSSR count). The molecule has 0 aliphatic carbocycles. The second-order valence-corrected chi connectivity index (χ2v) is 5.48. The average Bonchev–Trinajstić information content (AvgIpc) is 3.30. The lowest BCUT2D eigenvalue weighted by molar-refractivity contribution is 0.192. The molecule has 6 nitrogen and oxygen atoms in total. The van der Waals surface area contributed by atoms with Crippen molar-refractivity contribution < 1.29 is 4.74 Å². The van der Waals surface area contributed by atoms with E-state index in [2.05, 4.69) is 43.9 Å². The topological polar surface area (TPSA) is 57.8 Å². The molecule has 0 radical (unpaired) electrons. The number of rotatable bonds is 4. The van der Waals surface area contributed by atoms with Crippen molar-refractivity contribution >= 4 is 0 Å². The third-order valence-corrected chi connectivity index (χ3v) is 4.02. The molecule has 3 aromatic rings. The van der Waals surface area contributed by atoms with Crippen LogP contribution < -0.4 is 0 Å². The van der Waals surface area contributed by atoms with Gasteiger partial charge in [0.2, 0.25) is 0 Å². The van der Waals surface area contributed by atoms with Crippen molar-refractivity contribution in [3.05, 3.63) is 60.7 Å². The van der Waals surface area contributed by atoms with Crippen LogP contribution in [0.3, 0.4) is 0 Å². The van der Waals surface area contributed by atoms with Crippen LogP contribution in [0.25, 0.3) is 5.69 Å². The zero-order valence-corrected chi connectivity index (χ0v) is 12.2. The Labute approximate surface area is 128 Å². The molecule has 1 saturated heterocycles. The highest BCUT2D eigenvalue weighted by Gasteiger charge is 2.22.